The number of para-hydroxylation sites is 1. The molecular weight excluding hydrogens is 308 g/mol. The average Bonchev–Trinajstić information content (AvgIpc) is 3.18. The summed E-state index contributed by atoms with van der Waals surface area (Å²) in [5, 5.41) is 5.02. The van der Waals surface area contributed by atoms with Crippen molar-refractivity contribution in [3.05, 3.63) is 47.2 Å². The van der Waals surface area contributed by atoms with Crippen LogP contribution in [0.2, 0.25) is 5.02 Å². The Balaban J connectivity index is 1.74. The van der Waals surface area contributed by atoms with Gasteiger partial charge >= 0.3 is 0 Å². The monoisotopic (exact) mass is 326 g/mol. The van der Waals surface area contributed by atoms with Gasteiger partial charge in [-0.1, -0.05) is 36.6 Å². The normalized spacial score (nSPS) is 15.4. The Hall–Kier alpha value is -2.07. The molecule has 118 valence electrons. The predicted molar refractivity (Wildman–Crippen MR) is 94.5 cm³/mol. The van der Waals surface area contributed by atoms with Crippen LogP contribution in [0.4, 0.5) is 11.6 Å². The maximum Gasteiger partial charge on any atom is 0.229 e. The first-order chi connectivity index (χ1) is 11.2. The van der Waals surface area contributed by atoms with Gasteiger partial charge in [-0.25, -0.2) is 4.98 Å². The molecule has 2 aromatic heterocycles. The van der Waals surface area contributed by atoms with E-state index in [-0.39, 0.29) is 0 Å². The molecule has 5 heteroatoms. The summed E-state index contributed by atoms with van der Waals surface area (Å²) in [7, 11) is 0. The molecule has 0 aliphatic heterocycles. The second-order valence-corrected chi connectivity index (χ2v) is 6.60. The summed E-state index contributed by atoms with van der Waals surface area (Å²) in [6.07, 6.45) is 9.20. The molecule has 0 spiro atoms. The molecule has 1 N–H and O–H groups in total. The van der Waals surface area contributed by atoms with E-state index in [1.807, 2.05) is 30.5 Å². The molecule has 2 heterocycles. The van der Waals surface area contributed by atoms with Crippen LogP contribution in [0.25, 0.3) is 11.0 Å². The van der Waals surface area contributed by atoms with Crippen molar-refractivity contribution in [1.29, 1.82) is 0 Å². The minimum Gasteiger partial charge on any atom is -0.329 e. The zero-order valence-corrected chi connectivity index (χ0v) is 13.8. The van der Waals surface area contributed by atoms with Crippen molar-refractivity contribution < 1.29 is 0 Å². The highest BCUT2D eigenvalue weighted by molar-refractivity contribution is 6.33. The van der Waals surface area contributed by atoms with Gasteiger partial charge in [0.2, 0.25) is 5.95 Å². The SMILES string of the molecule is Cc1cn(C2CCCC2)c2nc(Nc3ccccc3Cl)ncc12. The molecule has 0 atom stereocenters. The maximum atomic E-state index is 6.21. The Morgan fingerprint density at radius 2 is 2.00 bits per heavy atom. The number of benzene rings is 1. The summed E-state index contributed by atoms with van der Waals surface area (Å²) in [6.45, 7) is 2.12. The number of nitrogens with zero attached hydrogens (tertiary/aromatic N) is 3. The fourth-order valence-electron chi connectivity index (χ4n) is 3.39. The summed E-state index contributed by atoms with van der Waals surface area (Å²) < 4.78 is 2.33. The van der Waals surface area contributed by atoms with Crippen LogP contribution >= 0.6 is 11.6 Å². The zero-order valence-electron chi connectivity index (χ0n) is 13.1. The molecule has 1 aliphatic rings. The fraction of sp³-hybridized carbons (Fsp3) is 0.333. The number of aromatic nitrogens is 3. The van der Waals surface area contributed by atoms with Crippen LogP contribution in [0, 0.1) is 6.92 Å². The van der Waals surface area contributed by atoms with Crippen molar-refractivity contribution in [1.82, 2.24) is 14.5 Å². The smallest absolute Gasteiger partial charge is 0.229 e. The highest BCUT2D eigenvalue weighted by Crippen LogP contribution is 2.34. The molecule has 1 aliphatic carbocycles. The zero-order chi connectivity index (χ0) is 15.8. The highest BCUT2D eigenvalue weighted by Gasteiger charge is 2.20. The lowest BCUT2D eigenvalue weighted by Gasteiger charge is -2.13. The van der Waals surface area contributed by atoms with E-state index in [0.717, 1.165) is 16.7 Å². The number of hydrogen-bond acceptors (Lipinski definition) is 3. The van der Waals surface area contributed by atoms with Gasteiger partial charge < -0.3 is 9.88 Å². The lowest BCUT2D eigenvalue weighted by atomic mass is 10.2. The Morgan fingerprint density at radius 3 is 2.78 bits per heavy atom. The standard InChI is InChI=1S/C18H19ClN4/c1-12-11-23(13-6-2-3-7-13)17-14(12)10-20-18(22-17)21-16-9-5-4-8-15(16)19/h4-5,8-11,13H,2-3,6-7H2,1H3,(H,20,21,22). The predicted octanol–water partition coefficient (Wildman–Crippen LogP) is 5.25. The molecule has 0 radical (unpaired) electrons. The van der Waals surface area contributed by atoms with Crippen molar-refractivity contribution in [3.8, 4) is 0 Å². The van der Waals surface area contributed by atoms with E-state index in [0.29, 0.717) is 17.0 Å². The fourth-order valence-corrected chi connectivity index (χ4v) is 3.57. The summed E-state index contributed by atoms with van der Waals surface area (Å²) in [4.78, 5) is 9.21. The van der Waals surface area contributed by atoms with E-state index in [9.17, 15) is 0 Å². The molecule has 3 aromatic rings. The van der Waals surface area contributed by atoms with Gasteiger partial charge in [0.05, 0.1) is 10.7 Å². The van der Waals surface area contributed by atoms with Crippen LogP contribution in [0.1, 0.15) is 37.3 Å². The Morgan fingerprint density at radius 1 is 1.22 bits per heavy atom. The van der Waals surface area contributed by atoms with Gasteiger partial charge in [-0.2, -0.15) is 4.98 Å². The molecule has 0 amide bonds. The molecule has 1 saturated carbocycles. The van der Waals surface area contributed by atoms with E-state index in [2.05, 4.69) is 28.0 Å². The van der Waals surface area contributed by atoms with Crippen LogP contribution in [0.3, 0.4) is 0 Å². The number of halogens is 1. The van der Waals surface area contributed by atoms with E-state index < -0.39 is 0 Å². The van der Waals surface area contributed by atoms with Crippen LogP contribution in [-0.4, -0.2) is 14.5 Å². The first-order valence-corrected chi connectivity index (χ1v) is 8.46. The van der Waals surface area contributed by atoms with Gasteiger partial charge in [0.1, 0.15) is 5.65 Å². The molecule has 1 fully saturated rings. The van der Waals surface area contributed by atoms with Crippen molar-refractivity contribution in [2.24, 2.45) is 0 Å². The molecule has 4 nitrogen and oxygen atoms in total. The maximum absolute atomic E-state index is 6.21. The van der Waals surface area contributed by atoms with Gasteiger partial charge in [-0.3, -0.25) is 0 Å². The third-order valence-electron chi connectivity index (χ3n) is 4.61. The third-order valence-corrected chi connectivity index (χ3v) is 4.94. The summed E-state index contributed by atoms with van der Waals surface area (Å²) in [5.74, 6) is 0.586. The van der Waals surface area contributed by atoms with E-state index in [1.54, 1.807) is 0 Å². The summed E-state index contributed by atoms with van der Waals surface area (Å²) in [5.41, 5.74) is 3.07. The van der Waals surface area contributed by atoms with E-state index in [1.165, 1.54) is 31.2 Å². The van der Waals surface area contributed by atoms with Gasteiger partial charge in [0, 0.05) is 23.8 Å². The number of nitrogens with one attached hydrogen (secondary N) is 1. The highest BCUT2D eigenvalue weighted by atomic mass is 35.5. The lowest BCUT2D eigenvalue weighted by Crippen LogP contribution is -2.05. The Labute approximate surface area is 140 Å². The number of anilines is 2. The Bertz CT molecular complexity index is 849. The number of hydrogen-bond donors (Lipinski definition) is 1. The first kappa shape index (κ1) is 14.5. The molecular formula is C18H19ClN4. The molecule has 1 aromatic carbocycles. The van der Waals surface area contributed by atoms with Crippen molar-refractivity contribution in [2.75, 3.05) is 5.32 Å². The van der Waals surface area contributed by atoms with Gasteiger partial charge in [-0.15, -0.1) is 0 Å². The second kappa shape index (κ2) is 5.85. The van der Waals surface area contributed by atoms with E-state index >= 15 is 0 Å². The molecule has 0 unspecified atom stereocenters. The van der Waals surface area contributed by atoms with Gasteiger partial charge in [0.15, 0.2) is 0 Å². The quantitative estimate of drug-likeness (QED) is 0.714. The van der Waals surface area contributed by atoms with Crippen LogP contribution in [-0.2, 0) is 0 Å². The average molecular weight is 327 g/mol. The van der Waals surface area contributed by atoms with Crippen LogP contribution < -0.4 is 5.32 Å². The van der Waals surface area contributed by atoms with Gasteiger partial charge in [0.25, 0.3) is 0 Å². The van der Waals surface area contributed by atoms with Gasteiger partial charge in [-0.05, 0) is 37.5 Å². The van der Waals surface area contributed by atoms with Crippen LogP contribution in [0.15, 0.2) is 36.7 Å². The topological polar surface area (TPSA) is 42.7 Å². The number of fused-ring (bicyclic) bond motifs is 1. The molecule has 23 heavy (non-hydrogen) atoms. The van der Waals surface area contributed by atoms with Crippen LogP contribution in [0.5, 0.6) is 0 Å². The lowest BCUT2D eigenvalue weighted by molar-refractivity contribution is 0.532. The number of rotatable bonds is 3. The molecule has 0 bridgehead atoms. The van der Waals surface area contributed by atoms with Crippen molar-refractivity contribution in [3.63, 3.8) is 0 Å². The Kier molecular flexibility index (Phi) is 3.69. The minimum atomic E-state index is 0.564. The van der Waals surface area contributed by atoms with Crippen molar-refractivity contribution in [2.45, 2.75) is 38.6 Å². The molecule has 4 rings (SSSR count). The van der Waals surface area contributed by atoms with Crippen molar-refractivity contribution >= 4 is 34.3 Å². The summed E-state index contributed by atoms with van der Waals surface area (Å²) >= 11 is 6.21. The first-order valence-electron chi connectivity index (χ1n) is 8.08. The molecule has 0 saturated heterocycles. The number of aryl methyl sites for hydroxylation is 1. The third kappa shape index (κ3) is 2.68. The largest absolute Gasteiger partial charge is 0.329 e. The second-order valence-electron chi connectivity index (χ2n) is 6.19. The summed E-state index contributed by atoms with van der Waals surface area (Å²) in [6, 6.07) is 8.20. The minimum absolute atomic E-state index is 0.564. The van der Waals surface area contributed by atoms with E-state index in [4.69, 9.17) is 16.6 Å².